The molecule has 0 aromatic carbocycles. The second-order valence-corrected chi connectivity index (χ2v) is 5.36. The molecule has 0 saturated carbocycles. The number of methoxy groups -OCH3 is 1. The van der Waals surface area contributed by atoms with Crippen molar-refractivity contribution in [2.45, 2.75) is 38.6 Å². The van der Waals surface area contributed by atoms with Gasteiger partial charge in [-0.15, -0.1) is 5.10 Å². The van der Waals surface area contributed by atoms with Crippen LogP contribution in [0.3, 0.4) is 0 Å². The molecule has 0 aliphatic carbocycles. The van der Waals surface area contributed by atoms with Crippen molar-refractivity contribution in [2.75, 3.05) is 31.7 Å². The van der Waals surface area contributed by atoms with E-state index in [1.54, 1.807) is 7.11 Å². The van der Waals surface area contributed by atoms with Crippen molar-refractivity contribution in [3.05, 3.63) is 5.82 Å². The Kier molecular flexibility index (Phi) is 5.15. The normalized spacial score (nSPS) is 18.8. The van der Waals surface area contributed by atoms with Crippen LogP contribution in [0.4, 0.5) is 5.95 Å². The highest BCUT2D eigenvalue weighted by Crippen LogP contribution is 2.22. The third-order valence-electron chi connectivity index (χ3n) is 3.85. The number of piperidine rings is 1. The Morgan fingerprint density at radius 1 is 1.47 bits per heavy atom. The fourth-order valence-electron chi connectivity index (χ4n) is 2.55. The minimum atomic E-state index is 0.291. The Labute approximate surface area is 114 Å². The molecule has 6 nitrogen and oxygen atoms in total. The van der Waals surface area contributed by atoms with Gasteiger partial charge in [-0.1, -0.05) is 0 Å². The van der Waals surface area contributed by atoms with Crippen LogP contribution in [0.5, 0.6) is 0 Å². The number of nitrogens with one attached hydrogen (secondary N) is 1. The summed E-state index contributed by atoms with van der Waals surface area (Å²) in [5, 5.41) is 7.32. The van der Waals surface area contributed by atoms with Gasteiger partial charge in [-0.2, -0.15) is 4.98 Å². The summed E-state index contributed by atoms with van der Waals surface area (Å²) in [6.45, 7) is 4.86. The van der Waals surface area contributed by atoms with Gasteiger partial charge in [0.05, 0.1) is 0 Å². The van der Waals surface area contributed by atoms with Gasteiger partial charge in [-0.3, -0.25) is 5.10 Å². The fraction of sp³-hybridized carbons (Fsp3) is 0.846. The first-order chi connectivity index (χ1) is 9.20. The van der Waals surface area contributed by atoms with Crippen molar-refractivity contribution in [1.82, 2.24) is 15.2 Å². The molecule has 2 heterocycles. The molecule has 2 rings (SSSR count). The molecule has 19 heavy (non-hydrogen) atoms. The Balaban J connectivity index is 1.82. The van der Waals surface area contributed by atoms with Crippen LogP contribution in [0.2, 0.25) is 0 Å². The second kappa shape index (κ2) is 6.86. The van der Waals surface area contributed by atoms with Gasteiger partial charge < -0.3 is 15.4 Å². The molecule has 108 valence electrons. The monoisotopic (exact) mass is 267 g/mol. The standard InChI is InChI=1S/C13H25N5O/c1-10(14)11-5-7-18(8-6-11)13-15-12(16-17-13)4-3-9-19-2/h10-11H,3-9,14H2,1-2H3,(H,15,16,17). The van der Waals surface area contributed by atoms with Crippen LogP contribution in [-0.4, -0.2) is 48.0 Å². The lowest BCUT2D eigenvalue weighted by Crippen LogP contribution is -2.40. The molecular weight excluding hydrogens is 242 g/mol. The number of nitrogens with zero attached hydrogens (tertiary/aromatic N) is 3. The smallest absolute Gasteiger partial charge is 0.244 e. The van der Waals surface area contributed by atoms with E-state index in [-0.39, 0.29) is 0 Å². The van der Waals surface area contributed by atoms with Gasteiger partial charge in [0.15, 0.2) is 0 Å². The number of anilines is 1. The van der Waals surface area contributed by atoms with Gasteiger partial charge in [0.25, 0.3) is 0 Å². The topological polar surface area (TPSA) is 80.1 Å². The average Bonchev–Trinajstić information content (AvgIpc) is 2.88. The van der Waals surface area contributed by atoms with E-state index < -0.39 is 0 Å². The first-order valence-corrected chi connectivity index (χ1v) is 7.11. The maximum absolute atomic E-state index is 5.96. The number of H-pyrrole nitrogens is 1. The molecular formula is C13H25N5O. The number of rotatable bonds is 6. The molecule has 1 saturated heterocycles. The van der Waals surface area contributed by atoms with Gasteiger partial charge in [-0.25, -0.2) is 0 Å². The van der Waals surface area contributed by atoms with Crippen LogP contribution in [0.15, 0.2) is 0 Å². The summed E-state index contributed by atoms with van der Waals surface area (Å²) in [6.07, 6.45) is 4.12. The summed E-state index contributed by atoms with van der Waals surface area (Å²) < 4.78 is 5.04. The Morgan fingerprint density at radius 2 is 2.21 bits per heavy atom. The molecule has 3 N–H and O–H groups in total. The van der Waals surface area contributed by atoms with E-state index in [9.17, 15) is 0 Å². The number of hydrogen-bond acceptors (Lipinski definition) is 5. The van der Waals surface area contributed by atoms with Crippen molar-refractivity contribution < 1.29 is 4.74 Å². The largest absolute Gasteiger partial charge is 0.385 e. The van der Waals surface area contributed by atoms with Gasteiger partial charge in [-0.05, 0) is 32.1 Å². The van der Waals surface area contributed by atoms with Crippen molar-refractivity contribution in [1.29, 1.82) is 0 Å². The van der Waals surface area contributed by atoms with Crippen LogP contribution in [-0.2, 0) is 11.2 Å². The number of aryl methyl sites for hydroxylation is 1. The summed E-state index contributed by atoms with van der Waals surface area (Å²) in [5.74, 6) is 2.41. The summed E-state index contributed by atoms with van der Waals surface area (Å²) >= 11 is 0. The van der Waals surface area contributed by atoms with Crippen molar-refractivity contribution in [3.8, 4) is 0 Å². The Morgan fingerprint density at radius 3 is 2.84 bits per heavy atom. The van der Waals surface area contributed by atoms with E-state index in [4.69, 9.17) is 10.5 Å². The molecule has 1 unspecified atom stereocenters. The number of aromatic amines is 1. The average molecular weight is 267 g/mol. The molecule has 0 radical (unpaired) electrons. The number of hydrogen-bond donors (Lipinski definition) is 2. The number of ether oxygens (including phenoxy) is 1. The van der Waals surface area contributed by atoms with Gasteiger partial charge in [0, 0.05) is 39.3 Å². The summed E-state index contributed by atoms with van der Waals surface area (Å²) in [6, 6.07) is 0.291. The Hall–Kier alpha value is -1.14. The molecule has 0 amide bonds. The molecule has 1 aliphatic heterocycles. The molecule has 1 aliphatic rings. The van der Waals surface area contributed by atoms with Crippen molar-refractivity contribution in [2.24, 2.45) is 11.7 Å². The van der Waals surface area contributed by atoms with E-state index in [0.29, 0.717) is 12.0 Å². The maximum atomic E-state index is 5.96. The molecule has 1 aromatic heterocycles. The zero-order chi connectivity index (χ0) is 13.7. The second-order valence-electron chi connectivity index (χ2n) is 5.36. The third kappa shape index (κ3) is 3.91. The lowest BCUT2D eigenvalue weighted by Gasteiger charge is -2.32. The SMILES string of the molecule is COCCCc1nc(N2CCC(C(C)N)CC2)n[nH]1. The lowest BCUT2D eigenvalue weighted by atomic mass is 9.91. The number of nitrogens with two attached hydrogens (primary N) is 1. The molecule has 1 fully saturated rings. The minimum absolute atomic E-state index is 0.291. The van der Waals surface area contributed by atoms with Crippen LogP contribution in [0.25, 0.3) is 0 Å². The highest BCUT2D eigenvalue weighted by molar-refractivity contribution is 5.29. The maximum Gasteiger partial charge on any atom is 0.244 e. The van der Waals surface area contributed by atoms with Crippen LogP contribution in [0.1, 0.15) is 32.0 Å². The number of aromatic nitrogens is 3. The summed E-state index contributed by atoms with van der Waals surface area (Å²) in [7, 11) is 1.72. The van der Waals surface area contributed by atoms with Crippen molar-refractivity contribution in [3.63, 3.8) is 0 Å². The zero-order valence-corrected chi connectivity index (χ0v) is 11.9. The van der Waals surface area contributed by atoms with E-state index in [2.05, 4.69) is 27.0 Å². The predicted octanol–water partition coefficient (Wildman–Crippen LogP) is 0.947. The highest BCUT2D eigenvalue weighted by atomic mass is 16.5. The highest BCUT2D eigenvalue weighted by Gasteiger charge is 2.23. The lowest BCUT2D eigenvalue weighted by molar-refractivity contribution is 0.194. The van der Waals surface area contributed by atoms with Crippen molar-refractivity contribution >= 4 is 5.95 Å². The van der Waals surface area contributed by atoms with E-state index in [0.717, 1.165) is 57.2 Å². The first kappa shape index (κ1) is 14.3. The minimum Gasteiger partial charge on any atom is -0.385 e. The predicted molar refractivity (Wildman–Crippen MR) is 75.2 cm³/mol. The molecule has 0 bridgehead atoms. The van der Waals surface area contributed by atoms with Gasteiger partial charge in [0.2, 0.25) is 5.95 Å². The molecule has 0 spiro atoms. The van der Waals surface area contributed by atoms with E-state index in [1.165, 1.54) is 0 Å². The first-order valence-electron chi connectivity index (χ1n) is 7.11. The summed E-state index contributed by atoms with van der Waals surface area (Å²) in [5.41, 5.74) is 5.96. The molecule has 1 aromatic rings. The summed E-state index contributed by atoms with van der Waals surface area (Å²) in [4.78, 5) is 6.79. The van der Waals surface area contributed by atoms with E-state index >= 15 is 0 Å². The van der Waals surface area contributed by atoms with Crippen LogP contribution >= 0.6 is 0 Å². The van der Waals surface area contributed by atoms with Gasteiger partial charge in [0.1, 0.15) is 5.82 Å². The quantitative estimate of drug-likeness (QED) is 0.750. The van der Waals surface area contributed by atoms with Crippen LogP contribution < -0.4 is 10.6 Å². The molecule has 6 heteroatoms. The Bertz CT molecular complexity index is 371. The zero-order valence-electron chi connectivity index (χ0n) is 11.9. The third-order valence-corrected chi connectivity index (χ3v) is 3.85. The van der Waals surface area contributed by atoms with E-state index in [1.807, 2.05) is 0 Å². The van der Waals surface area contributed by atoms with Gasteiger partial charge >= 0.3 is 0 Å². The fourth-order valence-corrected chi connectivity index (χ4v) is 2.55. The molecule has 1 atom stereocenters. The van der Waals surface area contributed by atoms with Crippen LogP contribution in [0, 0.1) is 5.92 Å².